The summed E-state index contributed by atoms with van der Waals surface area (Å²) < 4.78 is 18.6. The first-order chi connectivity index (χ1) is 20.1. The number of carbonyl (C=O) groups excluding carboxylic acids is 1. The Morgan fingerprint density at radius 1 is 0.878 bits per heavy atom. The van der Waals surface area contributed by atoms with Crippen molar-refractivity contribution in [1.82, 2.24) is 14.5 Å². The summed E-state index contributed by atoms with van der Waals surface area (Å²) in [6.45, 7) is 0. The van der Waals surface area contributed by atoms with Crippen LogP contribution in [0.25, 0.3) is 16.6 Å². The molecule has 0 radical (unpaired) electrons. The second-order valence-corrected chi connectivity index (χ2v) is 9.68. The van der Waals surface area contributed by atoms with E-state index >= 15 is 0 Å². The molecule has 0 spiro atoms. The molecule has 2 aromatic carbocycles. The number of nitrogens with zero attached hydrogens (tertiary/aromatic N) is 3. The summed E-state index contributed by atoms with van der Waals surface area (Å²) in [6, 6.07) is 19.9. The Morgan fingerprint density at radius 2 is 1.66 bits per heavy atom. The van der Waals surface area contributed by atoms with Crippen LogP contribution in [-0.2, 0) is 12.8 Å². The van der Waals surface area contributed by atoms with E-state index in [0.29, 0.717) is 34.3 Å². The first-order valence-corrected chi connectivity index (χ1v) is 13.3. The van der Waals surface area contributed by atoms with Crippen molar-refractivity contribution >= 4 is 22.6 Å². The molecule has 206 valence electrons. The van der Waals surface area contributed by atoms with Gasteiger partial charge in [0.15, 0.2) is 11.5 Å². The van der Waals surface area contributed by atoms with Gasteiger partial charge in [0, 0.05) is 29.0 Å². The van der Waals surface area contributed by atoms with Crippen molar-refractivity contribution in [2.45, 2.75) is 25.7 Å². The third kappa shape index (κ3) is 5.09. The summed E-state index contributed by atoms with van der Waals surface area (Å²) in [5, 5.41) is 3.51. The highest BCUT2D eigenvalue weighted by Gasteiger charge is 2.22. The van der Waals surface area contributed by atoms with E-state index in [9.17, 15) is 9.59 Å². The lowest BCUT2D eigenvalue weighted by Crippen LogP contribution is -2.32. The van der Waals surface area contributed by atoms with Gasteiger partial charge in [-0.15, -0.1) is 0 Å². The minimum atomic E-state index is -0.504. The van der Waals surface area contributed by atoms with E-state index in [2.05, 4.69) is 15.3 Å². The van der Waals surface area contributed by atoms with E-state index in [1.807, 2.05) is 30.3 Å². The van der Waals surface area contributed by atoms with Crippen molar-refractivity contribution in [3.05, 3.63) is 106 Å². The SMILES string of the molecule is COc1cc2nccc(Oc3ccc(NC(=O)c4cc5c(n(-c6ccccc6)c4=O)CCCC5)nc3)c2cc1OC. The van der Waals surface area contributed by atoms with Crippen LogP contribution in [0.5, 0.6) is 23.0 Å². The number of rotatable bonds is 7. The average Bonchev–Trinajstić information content (AvgIpc) is 3.01. The summed E-state index contributed by atoms with van der Waals surface area (Å²) in [5.74, 6) is 1.95. The number of benzene rings is 2. The van der Waals surface area contributed by atoms with Crippen LogP contribution in [0, 0.1) is 0 Å². The van der Waals surface area contributed by atoms with Gasteiger partial charge < -0.3 is 19.5 Å². The predicted molar refractivity (Wildman–Crippen MR) is 156 cm³/mol. The van der Waals surface area contributed by atoms with Crippen molar-refractivity contribution < 1.29 is 19.0 Å². The maximum absolute atomic E-state index is 13.6. The first kappa shape index (κ1) is 26.1. The fraction of sp³-hybridized carbons (Fsp3) is 0.188. The molecule has 1 amide bonds. The van der Waals surface area contributed by atoms with E-state index in [1.54, 1.807) is 61.4 Å². The number of hydrogen-bond donors (Lipinski definition) is 1. The topological polar surface area (TPSA) is 105 Å². The van der Waals surface area contributed by atoms with Crippen LogP contribution in [0.1, 0.15) is 34.5 Å². The molecule has 5 aromatic rings. The number of aryl methyl sites for hydroxylation is 1. The largest absolute Gasteiger partial charge is 0.493 e. The van der Waals surface area contributed by atoms with Gasteiger partial charge in [0.2, 0.25) is 0 Å². The van der Waals surface area contributed by atoms with Gasteiger partial charge in [0.1, 0.15) is 22.9 Å². The molecule has 9 nitrogen and oxygen atoms in total. The average molecular weight is 549 g/mol. The number of para-hydroxylation sites is 1. The number of methoxy groups -OCH3 is 2. The zero-order valence-electron chi connectivity index (χ0n) is 22.7. The molecule has 0 bridgehead atoms. The van der Waals surface area contributed by atoms with Crippen molar-refractivity contribution in [3.63, 3.8) is 0 Å². The van der Waals surface area contributed by atoms with Crippen LogP contribution in [-0.4, -0.2) is 34.7 Å². The lowest BCUT2D eigenvalue weighted by Gasteiger charge is -2.22. The van der Waals surface area contributed by atoms with Crippen LogP contribution in [0.15, 0.2) is 83.9 Å². The quantitative estimate of drug-likeness (QED) is 0.277. The fourth-order valence-electron chi connectivity index (χ4n) is 5.18. The molecule has 6 rings (SSSR count). The molecule has 1 aliphatic rings. The summed E-state index contributed by atoms with van der Waals surface area (Å²) in [5.41, 5.74) is 3.19. The first-order valence-electron chi connectivity index (χ1n) is 13.3. The Labute approximate surface area is 236 Å². The number of carbonyl (C=O) groups is 1. The molecular formula is C32H28N4O5. The number of anilines is 1. The summed E-state index contributed by atoms with van der Waals surface area (Å²) in [7, 11) is 3.14. The summed E-state index contributed by atoms with van der Waals surface area (Å²) in [4.78, 5) is 35.6. The summed E-state index contributed by atoms with van der Waals surface area (Å²) >= 11 is 0. The fourth-order valence-corrected chi connectivity index (χ4v) is 5.18. The molecule has 0 saturated carbocycles. The lowest BCUT2D eigenvalue weighted by atomic mass is 9.94. The maximum atomic E-state index is 13.6. The standard InChI is InChI=1S/C32H28N4O5/c1-39-28-17-23-25(18-29(28)40-2)33-15-14-27(23)41-22-12-13-30(34-19-22)35-31(37)24-16-20-8-6-7-11-26(20)36(32(24)38)21-9-4-3-5-10-21/h3-5,9-10,12-19H,6-8,11H2,1-2H3,(H,34,35,37). The highest BCUT2D eigenvalue weighted by atomic mass is 16.5. The predicted octanol–water partition coefficient (Wildman–Crippen LogP) is 5.72. The van der Waals surface area contributed by atoms with E-state index in [1.165, 1.54) is 6.20 Å². The third-order valence-electron chi connectivity index (χ3n) is 7.17. The van der Waals surface area contributed by atoms with Crippen LogP contribution < -0.4 is 25.1 Å². The molecule has 3 heterocycles. The normalized spacial score (nSPS) is 12.4. The molecular weight excluding hydrogens is 520 g/mol. The Balaban J connectivity index is 1.25. The van der Waals surface area contributed by atoms with Crippen LogP contribution in [0.2, 0.25) is 0 Å². The zero-order valence-corrected chi connectivity index (χ0v) is 22.7. The van der Waals surface area contributed by atoms with Gasteiger partial charge in [-0.05, 0) is 73.7 Å². The molecule has 0 fully saturated rings. The number of aromatic nitrogens is 3. The number of ether oxygens (including phenoxy) is 3. The molecule has 0 saturated heterocycles. The Kier molecular flexibility index (Phi) is 7.08. The maximum Gasteiger partial charge on any atom is 0.268 e. The highest BCUT2D eigenvalue weighted by Crippen LogP contribution is 2.36. The highest BCUT2D eigenvalue weighted by molar-refractivity contribution is 6.03. The van der Waals surface area contributed by atoms with Crippen LogP contribution in [0.3, 0.4) is 0 Å². The molecule has 1 aliphatic carbocycles. The van der Waals surface area contributed by atoms with Crippen molar-refractivity contribution in [2.75, 3.05) is 19.5 Å². The second-order valence-electron chi connectivity index (χ2n) is 9.68. The molecule has 9 heteroatoms. The lowest BCUT2D eigenvalue weighted by molar-refractivity contribution is 0.102. The molecule has 0 aliphatic heterocycles. The van der Waals surface area contributed by atoms with E-state index in [-0.39, 0.29) is 11.1 Å². The van der Waals surface area contributed by atoms with Crippen molar-refractivity contribution in [2.24, 2.45) is 0 Å². The zero-order chi connectivity index (χ0) is 28.3. The van der Waals surface area contributed by atoms with Gasteiger partial charge in [-0.25, -0.2) is 4.98 Å². The minimum absolute atomic E-state index is 0.0873. The van der Waals surface area contributed by atoms with Gasteiger partial charge in [-0.1, -0.05) is 18.2 Å². The third-order valence-corrected chi connectivity index (χ3v) is 7.17. The van der Waals surface area contributed by atoms with Gasteiger partial charge in [-0.3, -0.25) is 19.1 Å². The van der Waals surface area contributed by atoms with Gasteiger partial charge in [-0.2, -0.15) is 0 Å². The van der Waals surface area contributed by atoms with Crippen molar-refractivity contribution in [3.8, 4) is 28.7 Å². The van der Waals surface area contributed by atoms with Crippen LogP contribution >= 0.6 is 0 Å². The van der Waals surface area contributed by atoms with Crippen molar-refractivity contribution in [1.29, 1.82) is 0 Å². The minimum Gasteiger partial charge on any atom is -0.493 e. The van der Waals surface area contributed by atoms with Crippen LogP contribution in [0.4, 0.5) is 5.82 Å². The second kappa shape index (κ2) is 11.1. The molecule has 0 atom stereocenters. The van der Waals surface area contributed by atoms with E-state index < -0.39 is 5.91 Å². The summed E-state index contributed by atoms with van der Waals surface area (Å²) in [6.07, 6.45) is 6.83. The molecule has 1 N–H and O–H groups in total. The number of amides is 1. The molecule has 41 heavy (non-hydrogen) atoms. The Morgan fingerprint density at radius 3 is 2.41 bits per heavy atom. The van der Waals surface area contributed by atoms with Gasteiger partial charge in [0.25, 0.3) is 11.5 Å². The smallest absolute Gasteiger partial charge is 0.268 e. The van der Waals surface area contributed by atoms with E-state index in [0.717, 1.165) is 48.0 Å². The monoisotopic (exact) mass is 548 g/mol. The number of nitrogens with one attached hydrogen (secondary N) is 1. The molecule has 0 unspecified atom stereocenters. The van der Waals surface area contributed by atoms with Gasteiger partial charge in [0.05, 0.1) is 25.9 Å². The Hall–Kier alpha value is -5.18. The number of fused-ring (bicyclic) bond motifs is 2. The van der Waals surface area contributed by atoms with E-state index in [4.69, 9.17) is 14.2 Å². The number of hydrogen-bond acceptors (Lipinski definition) is 7. The van der Waals surface area contributed by atoms with Gasteiger partial charge >= 0.3 is 0 Å². The number of pyridine rings is 3. The Bertz CT molecular complexity index is 1800. The molecule has 3 aromatic heterocycles.